The van der Waals surface area contributed by atoms with Crippen LogP contribution in [0, 0.1) is 0 Å². The Labute approximate surface area is 120 Å². The number of nitrogen functional groups attached to an aromatic ring is 1. The first-order chi connectivity index (χ1) is 9.61. The Morgan fingerprint density at radius 3 is 2.65 bits per heavy atom. The summed E-state index contributed by atoms with van der Waals surface area (Å²) in [6.45, 7) is 6.80. The van der Waals surface area contributed by atoms with Gasteiger partial charge in [-0.1, -0.05) is 32.0 Å². The van der Waals surface area contributed by atoms with E-state index in [0.717, 1.165) is 11.5 Å². The van der Waals surface area contributed by atoms with Crippen molar-refractivity contribution in [2.75, 3.05) is 17.7 Å². The average molecular weight is 271 g/mol. The van der Waals surface area contributed by atoms with Crippen molar-refractivity contribution in [3.05, 3.63) is 42.0 Å². The lowest BCUT2D eigenvalue weighted by Crippen LogP contribution is -2.03. The summed E-state index contributed by atoms with van der Waals surface area (Å²) in [5.41, 5.74) is 8.69. The van der Waals surface area contributed by atoms with Crippen LogP contribution in [0.4, 0.5) is 17.2 Å². The third kappa shape index (κ3) is 3.20. The Balaban J connectivity index is 2.28. The van der Waals surface area contributed by atoms with Crippen LogP contribution >= 0.6 is 0 Å². The van der Waals surface area contributed by atoms with Gasteiger partial charge in [0.05, 0.1) is 12.3 Å². The average Bonchev–Trinajstić information content (AvgIpc) is 2.43. The molecule has 20 heavy (non-hydrogen) atoms. The molecular formula is C16H21N3O. The number of ether oxygens (including phenoxy) is 1. The van der Waals surface area contributed by atoms with Crippen molar-refractivity contribution in [2.24, 2.45) is 0 Å². The van der Waals surface area contributed by atoms with E-state index in [0.29, 0.717) is 24.1 Å². The number of para-hydroxylation sites is 1. The molecule has 0 aliphatic heterocycles. The van der Waals surface area contributed by atoms with Crippen LogP contribution in [0.3, 0.4) is 0 Å². The zero-order valence-electron chi connectivity index (χ0n) is 12.2. The molecule has 0 bridgehead atoms. The van der Waals surface area contributed by atoms with Gasteiger partial charge in [-0.2, -0.15) is 4.98 Å². The lowest BCUT2D eigenvalue weighted by atomic mass is 10.0. The number of nitrogens with two attached hydrogens (primary N) is 1. The number of hydrogen-bond acceptors (Lipinski definition) is 4. The van der Waals surface area contributed by atoms with Gasteiger partial charge < -0.3 is 15.8 Å². The maximum Gasteiger partial charge on any atom is 0.239 e. The summed E-state index contributed by atoms with van der Waals surface area (Å²) < 4.78 is 5.42. The van der Waals surface area contributed by atoms with Crippen molar-refractivity contribution in [3.63, 3.8) is 0 Å². The fraction of sp³-hybridized carbons (Fsp3) is 0.312. The van der Waals surface area contributed by atoms with Gasteiger partial charge in [0.15, 0.2) is 0 Å². The van der Waals surface area contributed by atoms with Crippen LogP contribution < -0.4 is 15.8 Å². The van der Waals surface area contributed by atoms with Gasteiger partial charge in [0.25, 0.3) is 0 Å². The summed E-state index contributed by atoms with van der Waals surface area (Å²) in [6, 6.07) is 11.9. The number of nitrogens with zero attached hydrogens (tertiary/aromatic N) is 1. The molecule has 1 aromatic heterocycles. The van der Waals surface area contributed by atoms with Crippen molar-refractivity contribution in [1.82, 2.24) is 4.98 Å². The molecular weight excluding hydrogens is 250 g/mol. The van der Waals surface area contributed by atoms with Gasteiger partial charge in [0, 0.05) is 5.69 Å². The second kappa shape index (κ2) is 6.28. The maximum atomic E-state index is 5.83. The lowest BCUT2D eigenvalue weighted by Gasteiger charge is -2.15. The van der Waals surface area contributed by atoms with Crippen molar-refractivity contribution in [3.8, 4) is 5.88 Å². The zero-order valence-corrected chi connectivity index (χ0v) is 12.2. The van der Waals surface area contributed by atoms with Gasteiger partial charge in [-0.25, -0.2) is 0 Å². The first kappa shape index (κ1) is 14.2. The third-order valence-corrected chi connectivity index (χ3v) is 3.02. The summed E-state index contributed by atoms with van der Waals surface area (Å²) in [5, 5.41) is 3.33. The topological polar surface area (TPSA) is 60.2 Å². The van der Waals surface area contributed by atoms with E-state index in [1.54, 1.807) is 6.07 Å². The molecule has 0 radical (unpaired) electrons. The standard InChI is InChI=1S/C16H21N3O/c1-4-20-16-13(17)9-10-15(19-16)18-14-8-6-5-7-12(14)11(2)3/h5-11H,4,17H2,1-3H3,(H,18,19). The predicted molar refractivity (Wildman–Crippen MR) is 83.6 cm³/mol. The molecule has 0 unspecified atom stereocenters. The summed E-state index contributed by atoms with van der Waals surface area (Å²) in [5.74, 6) is 1.65. The summed E-state index contributed by atoms with van der Waals surface area (Å²) in [7, 11) is 0. The van der Waals surface area contributed by atoms with Crippen LogP contribution in [0.5, 0.6) is 5.88 Å². The highest BCUT2D eigenvalue weighted by Crippen LogP contribution is 2.28. The van der Waals surface area contributed by atoms with Crippen LogP contribution in [0.2, 0.25) is 0 Å². The van der Waals surface area contributed by atoms with Crippen LogP contribution in [0.15, 0.2) is 36.4 Å². The van der Waals surface area contributed by atoms with Crippen LogP contribution in [0.1, 0.15) is 32.3 Å². The Bertz CT molecular complexity index is 582. The minimum Gasteiger partial charge on any atom is -0.476 e. The molecule has 0 fully saturated rings. The normalized spacial score (nSPS) is 10.6. The van der Waals surface area contributed by atoms with E-state index in [2.05, 4.69) is 30.2 Å². The minimum absolute atomic E-state index is 0.443. The highest BCUT2D eigenvalue weighted by atomic mass is 16.5. The highest BCUT2D eigenvalue weighted by molar-refractivity contribution is 5.64. The molecule has 2 aromatic rings. The molecule has 0 aliphatic rings. The highest BCUT2D eigenvalue weighted by Gasteiger charge is 2.08. The Hall–Kier alpha value is -2.23. The number of benzene rings is 1. The van der Waals surface area contributed by atoms with E-state index >= 15 is 0 Å². The van der Waals surface area contributed by atoms with Gasteiger partial charge in [-0.3, -0.25) is 0 Å². The quantitative estimate of drug-likeness (QED) is 0.865. The largest absolute Gasteiger partial charge is 0.476 e. The molecule has 2 rings (SSSR count). The Morgan fingerprint density at radius 2 is 1.95 bits per heavy atom. The number of pyridine rings is 1. The molecule has 1 aromatic carbocycles. The smallest absolute Gasteiger partial charge is 0.239 e. The molecule has 4 heteroatoms. The molecule has 0 spiro atoms. The van der Waals surface area contributed by atoms with Gasteiger partial charge in [0.2, 0.25) is 5.88 Å². The summed E-state index contributed by atoms with van der Waals surface area (Å²) in [4.78, 5) is 4.40. The van der Waals surface area contributed by atoms with Crippen molar-refractivity contribution in [1.29, 1.82) is 0 Å². The van der Waals surface area contributed by atoms with E-state index in [4.69, 9.17) is 10.5 Å². The fourth-order valence-electron chi connectivity index (χ4n) is 2.03. The first-order valence-corrected chi connectivity index (χ1v) is 6.87. The van der Waals surface area contributed by atoms with E-state index in [1.807, 2.05) is 31.2 Å². The molecule has 0 amide bonds. The van der Waals surface area contributed by atoms with E-state index in [-0.39, 0.29) is 0 Å². The SMILES string of the molecule is CCOc1nc(Nc2ccccc2C(C)C)ccc1N. The molecule has 0 atom stereocenters. The number of aromatic nitrogens is 1. The van der Waals surface area contributed by atoms with Crippen molar-refractivity contribution in [2.45, 2.75) is 26.7 Å². The molecule has 106 valence electrons. The summed E-state index contributed by atoms with van der Waals surface area (Å²) >= 11 is 0. The third-order valence-electron chi connectivity index (χ3n) is 3.02. The lowest BCUT2D eigenvalue weighted by molar-refractivity contribution is 0.329. The second-order valence-corrected chi connectivity index (χ2v) is 4.89. The molecule has 0 aliphatic carbocycles. The zero-order chi connectivity index (χ0) is 14.5. The second-order valence-electron chi connectivity index (χ2n) is 4.89. The van der Waals surface area contributed by atoms with Crippen molar-refractivity contribution < 1.29 is 4.74 Å². The molecule has 4 nitrogen and oxygen atoms in total. The first-order valence-electron chi connectivity index (χ1n) is 6.87. The van der Waals surface area contributed by atoms with E-state index in [9.17, 15) is 0 Å². The minimum atomic E-state index is 0.443. The number of hydrogen-bond donors (Lipinski definition) is 2. The summed E-state index contributed by atoms with van der Waals surface area (Å²) in [6.07, 6.45) is 0. The van der Waals surface area contributed by atoms with Gasteiger partial charge in [0.1, 0.15) is 5.82 Å². The van der Waals surface area contributed by atoms with Crippen LogP contribution in [0.25, 0.3) is 0 Å². The van der Waals surface area contributed by atoms with E-state index < -0.39 is 0 Å². The van der Waals surface area contributed by atoms with Gasteiger partial charge in [-0.05, 0) is 36.6 Å². The van der Waals surface area contributed by atoms with Crippen LogP contribution in [-0.2, 0) is 0 Å². The van der Waals surface area contributed by atoms with E-state index in [1.165, 1.54) is 5.56 Å². The molecule has 3 N–H and O–H groups in total. The predicted octanol–water partition coefficient (Wildman–Crippen LogP) is 3.93. The molecule has 0 saturated heterocycles. The fourth-order valence-corrected chi connectivity index (χ4v) is 2.03. The number of rotatable bonds is 5. The monoisotopic (exact) mass is 271 g/mol. The maximum absolute atomic E-state index is 5.83. The van der Waals surface area contributed by atoms with Gasteiger partial charge >= 0.3 is 0 Å². The Kier molecular flexibility index (Phi) is 4.45. The van der Waals surface area contributed by atoms with Crippen molar-refractivity contribution >= 4 is 17.2 Å². The van der Waals surface area contributed by atoms with Crippen LogP contribution in [-0.4, -0.2) is 11.6 Å². The number of nitrogens with one attached hydrogen (secondary N) is 1. The van der Waals surface area contributed by atoms with Gasteiger partial charge in [-0.15, -0.1) is 0 Å². The number of anilines is 3. The molecule has 1 heterocycles. The Morgan fingerprint density at radius 1 is 1.20 bits per heavy atom. The molecule has 0 saturated carbocycles.